The maximum Gasteiger partial charge on any atom is 0.175 e. The van der Waals surface area contributed by atoms with Crippen molar-refractivity contribution in [1.29, 1.82) is 5.26 Å². The second-order valence-electron chi connectivity index (χ2n) is 4.62. The molecule has 0 atom stereocenters. The molecule has 0 aromatic heterocycles. The number of allylic oxidation sites excluding steroid dienone is 1. The van der Waals surface area contributed by atoms with Crippen LogP contribution in [-0.2, 0) is 0 Å². The van der Waals surface area contributed by atoms with Crippen LogP contribution < -0.4 is 9.47 Å². The number of methoxy groups -OCH3 is 1. The number of ether oxygens (including phenoxy) is 2. The van der Waals surface area contributed by atoms with Gasteiger partial charge in [-0.05, 0) is 52.7 Å². The van der Waals surface area contributed by atoms with Crippen molar-refractivity contribution in [2.24, 2.45) is 0 Å². The maximum absolute atomic E-state index is 9.46. The Morgan fingerprint density at radius 1 is 1.35 bits per heavy atom. The Morgan fingerprint density at radius 3 is 2.70 bits per heavy atom. The van der Waals surface area contributed by atoms with E-state index in [9.17, 15) is 5.26 Å². The topological polar surface area (TPSA) is 42.2 Å². The summed E-state index contributed by atoms with van der Waals surface area (Å²) in [6.45, 7) is 2.44. The molecule has 0 heterocycles. The van der Waals surface area contributed by atoms with Gasteiger partial charge in [0.2, 0.25) is 0 Å². The summed E-state index contributed by atoms with van der Waals surface area (Å²) >= 11 is 9.65. The van der Waals surface area contributed by atoms with E-state index in [0.717, 1.165) is 10.0 Å². The third kappa shape index (κ3) is 4.07. The lowest BCUT2D eigenvalue weighted by atomic mass is 10.0. The molecule has 0 saturated heterocycles. The van der Waals surface area contributed by atoms with Gasteiger partial charge in [0.15, 0.2) is 11.5 Å². The highest BCUT2D eigenvalue weighted by molar-refractivity contribution is 9.10. The van der Waals surface area contributed by atoms with Crippen LogP contribution in [0.25, 0.3) is 11.6 Å². The van der Waals surface area contributed by atoms with Gasteiger partial charge in [0, 0.05) is 10.6 Å². The van der Waals surface area contributed by atoms with Gasteiger partial charge in [-0.3, -0.25) is 0 Å². The molecule has 0 fully saturated rings. The molecule has 0 N–H and O–H groups in total. The second kappa shape index (κ2) is 8.05. The number of hydrogen-bond donors (Lipinski definition) is 0. The van der Waals surface area contributed by atoms with Crippen LogP contribution in [-0.4, -0.2) is 13.7 Å². The molecule has 5 heteroatoms. The third-order valence-electron chi connectivity index (χ3n) is 3.14. The van der Waals surface area contributed by atoms with E-state index in [4.69, 9.17) is 21.1 Å². The van der Waals surface area contributed by atoms with E-state index in [0.29, 0.717) is 34.3 Å². The van der Waals surface area contributed by atoms with Crippen molar-refractivity contribution in [1.82, 2.24) is 0 Å². The maximum atomic E-state index is 9.46. The van der Waals surface area contributed by atoms with Crippen molar-refractivity contribution >= 4 is 39.2 Å². The Hall–Kier alpha value is -1.96. The molecule has 2 aromatic rings. The van der Waals surface area contributed by atoms with Crippen LogP contribution in [0.5, 0.6) is 11.5 Å². The van der Waals surface area contributed by atoms with Crippen molar-refractivity contribution in [3.63, 3.8) is 0 Å². The van der Waals surface area contributed by atoms with Crippen molar-refractivity contribution < 1.29 is 9.47 Å². The number of halogens is 2. The van der Waals surface area contributed by atoms with Gasteiger partial charge in [-0.2, -0.15) is 5.26 Å². The molecule has 0 unspecified atom stereocenters. The van der Waals surface area contributed by atoms with Gasteiger partial charge in [-0.25, -0.2) is 0 Å². The van der Waals surface area contributed by atoms with Crippen LogP contribution in [0.3, 0.4) is 0 Å². The van der Waals surface area contributed by atoms with Gasteiger partial charge in [0.05, 0.1) is 29.8 Å². The molecule has 118 valence electrons. The van der Waals surface area contributed by atoms with Crippen molar-refractivity contribution in [3.05, 3.63) is 57.0 Å². The molecule has 23 heavy (non-hydrogen) atoms. The lowest BCUT2D eigenvalue weighted by Crippen LogP contribution is -1.97. The zero-order chi connectivity index (χ0) is 16.8. The predicted octanol–water partition coefficient (Wildman–Crippen LogP) is 5.57. The summed E-state index contributed by atoms with van der Waals surface area (Å²) in [4.78, 5) is 0. The highest BCUT2D eigenvalue weighted by Gasteiger charge is 2.12. The Balaban J connectivity index is 2.51. The molecule has 2 rings (SSSR count). The average molecular weight is 393 g/mol. The van der Waals surface area contributed by atoms with E-state index in [1.54, 1.807) is 19.3 Å². The van der Waals surface area contributed by atoms with Crippen LogP contribution in [0, 0.1) is 11.3 Å². The lowest BCUT2D eigenvalue weighted by molar-refractivity contribution is 0.309. The van der Waals surface area contributed by atoms with E-state index in [-0.39, 0.29) is 0 Å². The number of hydrogen-bond acceptors (Lipinski definition) is 3. The quantitative estimate of drug-likeness (QED) is 0.493. The minimum absolute atomic E-state index is 0.480. The molecule has 0 aliphatic carbocycles. The molecule has 0 aliphatic rings. The first kappa shape index (κ1) is 17.4. The monoisotopic (exact) mass is 391 g/mol. The number of benzene rings is 2. The van der Waals surface area contributed by atoms with Gasteiger partial charge < -0.3 is 9.47 Å². The molecular weight excluding hydrogens is 378 g/mol. The summed E-state index contributed by atoms with van der Waals surface area (Å²) in [6, 6.07) is 13.2. The van der Waals surface area contributed by atoms with Crippen molar-refractivity contribution in [2.75, 3.05) is 13.7 Å². The molecular formula is C18H15BrClNO2. The standard InChI is InChI=1S/C18H15BrClNO2/c1-3-23-18-15(19)9-12(10-17(18)22-2)8-13(11-21)14-6-4-5-7-16(14)20/h4-10H,3H2,1-2H3. The Morgan fingerprint density at radius 2 is 2.09 bits per heavy atom. The van der Waals surface area contributed by atoms with Crippen molar-refractivity contribution in [3.8, 4) is 17.6 Å². The van der Waals surface area contributed by atoms with E-state index < -0.39 is 0 Å². The smallest absolute Gasteiger partial charge is 0.175 e. The highest BCUT2D eigenvalue weighted by atomic mass is 79.9. The molecule has 3 nitrogen and oxygen atoms in total. The van der Waals surface area contributed by atoms with Crippen LogP contribution in [0.1, 0.15) is 18.1 Å². The predicted molar refractivity (Wildman–Crippen MR) is 96.8 cm³/mol. The summed E-state index contributed by atoms with van der Waals surface area (Å²) in [7, 11) is 1.58. The molecule has 0 amide bonds. The fourth-order valence-corrected chi connectivity index (χ4v) is 2.94. The molecule has 0 radical (unpaired) electrons. The van der Waals surface area contributed by atoms with Gasteiger partial charge in [-0.1, -0.05) is 29.8 Å². The minimum Gasteiger partial charge on any atom is -0.493 e. The first-order valence-electron chi connectivity index (χ1n) is 6.97. The van der Waals surface area contributed by atoms with Crippen LogP contribution in [0.15, 0.2) is 40.9 Å². The van der Waals surface area contributed by atoms with Crippen LogP contribution in [0.4, 0.5) is 0 Å². The zero-order valence-electron chi connectivity index (χ0n) is 12.8. The summed E-state index contributed by atoms with van der Waals surface area (Å²) in [5, 5.41) is 9.99. The van der Waals surface area contributed by atoms with Crippen LogP contribution in [0.2, 0.25) is 5.02 Å². The summed E-state index contributed by atoms with van der Waals surface area (Å²) < 4.78 is 11.7. The lowest BCUT2D eigenvalue weighted by Gasteiger charge is -2.12. The minimum atomic E-state index is 0.480. The van der Waals surface area contributed by atoms with E-state index in [1.165, 1.54) is 0 Å². The molecule has 0 saturated carbocycles. The Kier molecular flexibility index (Phi) is 6.09. The third-order valence-corrected chi connectivity index (χ3v) is 4.05. The fraction of sp³-hybridized carbons (Fsp3) is 0.167. The first-order chi connectivity index (χ1) is 11.1. The second-order valence-corrected chi connectivity index (χ2v) is 5.88. The van der Waals surface area contributed by atoms with E-state index in [1.807, 2.05) is 37.3 Å². The van der Waals surface area contributed by atoms with Crippen LogP contribution >= 0.6 is 27.5 Å². The van der Waals surface area contributed by atoms with Gasteiger partial charge in [-0.15, -0.1) is 0 Å². The van der Waals surface area contributed by atoms with Gasteiger partial charge in [0.1, 0.15) is 0 Å². The number of nitriles is 1. The normalized spacial score (nSPS) is 11.0. The summed E-state index contributed by atoms with van der Waals surface area (Å²) in [6.07, 6.45) is 1.77. The average Bonchev–Trinajstić information content (AvgIpc) is 2.55. The highest BCUT2D eigenvalue weighted by Crippen LogP contribution is 2.37. The summed E-state index contributed by atoms with van der Waals surface area (Å²) in [5.41, 5.74) is 1.99. The molecule has 0 bridgehead atoms. The summed E-state index contributed by atoms with van der Waals surface area (Å²) in [5.74, 6) is 1.24. The molecule has 0 spiro atoms. The van der Waals surface area contributed by atoms with E-state index in [2.05, 4.69) is 22.0 Å². The SMILES string of the molecule is CCOc1c(Br)cc(C=C(C#N)c2ccccc2Cl)cc1OC. The van der Waals surface area contributed by atoms with Gasteiger partial charge in [0.25, 0.3) is 0 Å². The van der Waals surface area contributed by atoms with Crippen molar-refractivity contribution in [2.45, 2.75) is 6.92 Å². The zero-order valence-corrected chi connectivity index (χ0v) is 15.1. The Bertz CT molecular complexity index is 781. The van der Waals surface area contributed by atoms with Gasteiger partial charge >= 0.3 is 0 Å². The Labute approximate surface area is 149 Å². The largest absolute Gasteiger partial charge is 0.493 e. The van der Waals surface area contributed by atoms with E-state index >= 15 is 0 Å². The number of rotatable bonds is 5. The fourth-order valence-electron chi connectivity index (χ4n) is 2.12. The number of nitrogens with zero attached hydrogens (tertiary/aromatic N) is 1. The molecule has 2 aromatic carbocycles. The first-order valence-corrected chi connectivity index (χ1v) is 8.14. The molecule has 0 aliphatic heterocycles.